The standard InChI is InChI=1S/C17H14O5/c1-21-11-6-4-5-10(9-11)15-14(16(18)19)12-7-2-3-8-13(12)17(20)22-15/h2-9,14-15H,1H3,(H,18,19)/p-1/t14-,15+/m1/s1. The van der Waals surface area contributed by atoms with Crippen molar-refractivity contribution in [1.82, 2.24) is 0 Å². The van der Waals surface area contributed by atoms with E-state index >= 15 is 0 Å². The lowest BCUT2D eigenvalue weighted by molar-refractivity contribution is -0.310. The fourth-order valence-corrected chi connectivity index (χ4v) is 2.69. The molecule has 0 radical (unpaired) electrons. The highest BCUT2D eigenvalue weighted by Gasteiger charge is 2.37. The van der Waals surface area contributed by atoms with E-state index in [1.807, 2.05) is 0 Å². The smallest absolute Gasteiger partial charge is 0.339 e. The van der Waals surface area contributed by atoms with Crippen LogP contribution in [-0.2, 0) is 9.53 Å². The summed E-state index contributed by atoms with van der Waals surface area (Å²) >= 11 is 0. The summed E-state index contributed by atoms with van der Waals surface area (Å²) < 4.78 is 10.5. The van der Waals surface area contributed by atoms with Crippen LogP contribution in [-0.4, -0.2) is 19.0 Å². The van der Waals surface area contributed by atoms with Gasteiger partial charge in [0.2, 0.25) is 0 Å². The maximum absolute atomic E-state index is 12.1. The number of hydrogen-bond acceptors (Lipinski definition) is 5. The number of cyclic esters (lactones) is 1. The molecule has 0 unspecified atom stereocenters. The molecule has 0 bridgehead atoms. The van der Waals surface area contributed by atoms with Crippen LogP contribution in [0.25, 0.3) is 0 Å². The minimum atomic E-state index is -1.28. The number of fused-ring (bicyclic) bond motifs is 1. The van der Waals surface area contributed by atoms with Crippen molar-refractivity contribution in [3.8, 4) is 5.75 Å². The van der Waals surface area contributed by atoms with Crippen molar-refractivity contribution < 1.29 is 24.2 Å². The van der Waals surface area contributed by atoms with Crippen LogP contribution in [0.15, 0.2) is 48.5 Å². The molecule has 0 aromatic heterocycles. The van der Waals surface area contributed by atoms with Gasteiger partial charge in [0.1, 0.15) is 11.9 Å². The van der Waals surface area contributed by atoms with Gasteiger partial charge in [-0.15, -0.1) is 0 Å². The van der Waals surface area contributed by atoms with Crippen molar-refractivity contribution in [2.75, 3.05) is 7.11 Å². The molecule has 1 aliphatic heterocycles. The molecule has 0 saturated heterocycles. The number of esters is 1. The lowest BCUT2D eigenvalue weighted by Crippen LogP contribution is -2.38. The van der Waals surface area contributed by atoms with Gasteiger partial charge < -0.3 is 19.4 Å². The molecule has 0 amide bonds. The Hall–Kier alpha value is -2.82. The molecule has 1 aliphatic rings. The van der Waals surface area contributed by atoms with Gasteiger partial charge in [-0.25, -0.2) is 4.79 Å². The molecular weight excluding hydrogens is 284 g/mol. The van der Waals surface area contributed by atoms with Gasteiger partial charge in [0.25, 0.3) is 0 Å². The van der Waals surface area contributed by atoms with Gasteiger partial charge >= 0.3 is 5.97 Å². The van der Waals surface area contributed by atoms with Gasteiger partial charge in [0.15, 0.2) is 0 Å². The van der Waals surface area contributed by atoms with Crippen molar-refractivity contribution in [3.63, 3.8) is 0 Å². The summed E-state index contributed by atoms with van der Waals surface area (Å²) in [6.07, 6.45) is -0.942. The molecule has 2 aromatic carbocycles. The van der Waals surface area contributed by atoms with Gasteiger partial charge in [0.05, 0.1) is 24.6 Å². The Morgan fingerprint density at radius 1 is 1.18 bits per heavy atom. The minimum Gasteiger partial charge on any atom is -0.549 e. The average molecular weight is 297 g/mol. The summed E-state index contributed by atoms with van der Waals surface area (Å²) in [6, 6.07) is 13.3. The fraction of sp³-hybridized carbons (Fsp3) is 0.176. The van der Waals surface area contributed by atoms with Crippen molar-refractivity contribution in [2.24, 2.45) is 0 Å². The molecule has 2 atom stereocenters. The molecule has 0 N–H and O–H groups in total. The van der Waals surface area contributed by atoms with E-state index in [1.165, 1.54) is 7.11 Å². The van der Waals surface area contributed by atoms with Crippen LogP contribution < -0.4 is 9.84 Å². The molecule has 0 fully saturated rings. The van der Waals surface area contributed by atoms with Gasteiger partial charge in [-0.2, -0.15) is 0 Å². The van der Waals surface area contributed by atoms with E-state index in [2.05, 4.69) is 0 Å². The van der Waals surface area contributed by atoms with Crippen LogP contribution in [0, 0.1) is 0 Å². The molecule has 0 spiro atoms. The van der Waals surface area contributed by atoms with E-state index in [0.717, 1.165) is 0 Å². The summed E-state index contributed by atoms with van der Waals surface area (Å²) in [5.74, 6) is -2.32. The number of hydrogen-bond donors (Lipinski definition) is 0. The number of methoxy groups -OCH3 is 1. The molecule has 2 aromatic rings. The van der Waals surface area contributed by atoms with E-state index < -0.39 is 24.0 Å². The van der Waals surface area contributed by atoms with Crippen LogP contribution in [0.1, 0.15) is 33.5 Å². The number of benzene rings is 2. The summed E-state index contributed by atoms with van der Waals surface area (Å²) in [5, 5.41) is 11.6. The Kier molecular flexibility index (Phi) is 3.55. The number of carboxylic acid groups (broad SMARTS) is 1. The number of aliphatic carboxylic acids is 1. The highest BCUT2D eigenvalue weighted by molar-refractivity contribution is 5.95. The Labute approximate surface area is 127 Å². The molecule has 5 heteroatoms. The molecule has 22 heavy (non-hydrogen) atoms. The molecule has 3 rings (SSSR count). The van der Waals surface area contributed by atoms with Crippen molar-refractivity contribution >= 4 is 11.9 Å². The summed E-state index contributed by atoms with van der Waals surface area (Å²) in [5.41, 5.74) is 1.22. The number of carbonyl (C=O) groups excluding carboxylic acids is 2. The third-order valence-corrected chi connectivity index (χ3v) is 3.73. The molecule has 5 nitrogen and oxygen atoms in total. The molecule has 0 aliphatic carbocycles. The second kappa shape index (κ2) is 5.52. The van der Waals surface area contributed by atoms with Crippen molar-refractivity contribution in [3.05, 3.63) is 65.2 Å². The van der Waals surface area contributed by atoms with E-state index in [0.29, 0.717) is 16.9 Å². The third-order valence-electron chi connectivity index (χ3n) is 3.73. The molecule has 0 saturated carbocycles. The normalized spacial score (nSPS) is 20.0. The quantitative estimate of drug-likeness (QED) is 0.801. The maximum atomic E-state index is 12.1. The monoisotopic (exact) mass is 297 g/mol. The molecule has 112 valence electrons. The Balaban J connectivity index is 2.11. The maximum Gasteiger partial charge on any atom is 0.339 e. The summed E-state index contributed by atoms with van der Waals surface area (Å²) in [6.45, 7) is 0. The average Bonchev–Trinajstić information content (AvgIpc) is 2.54. The van der Waals surface area contributed by atoms with Crippen LogP contribution in [0.3, 0.4) is 0 Å². The topological polar surface area (TPSA) is 75.7 Å². The molecule has 1 heterocycles. The van der Waals surface area contributed by atoms with Crippen molar-refractivity contribution in [2.45, 2.75) is 12.0 Å². The second-order valence-electron chi connectivity index (χ2n) is 4.99. The largest absolute Gasteiger partial charge is 0.549 e. The second-order valence-corrected chi connectivity index (χ2v) is 4.99. The van der Waals surface area contributed by atoms with Gasteiger partial charge in [-0.3, -0.25) is 0 Å². The number of carbonyl (C=O) groups is 2. The van der Waals surface area contributed by atoms with Gasteiger partial charge in [-0.1, -0.05) is 30.3 Å². The lowest BCUT2D eigenvalue weighted by Gasteiger charge is -2.33. The number of carboxylic acids is 1. The highest BCUT2D eigenvalue weighted by atomic mass is 16.5. The lowest BCUT2D eigenvalue weighted by atomic mass is 9.84. The van der Waals surface area contributed by atoms with Gasteiger partial charge in [-0.05, 0) is 29.3 Å². The highest BCUT2D eigenvalue weighted by Crippen LogP contribution is 2.40. The van der Waals surface area contributed by atoms with Crippen LogP contribution >= 0.6 is 0 Å². The first kappa shape index (κ1) is 14.1. The zero-order chi connectivity index (χ0) is 15.7. The van der Waals surface area contributed by atoms with Gasteiger partial charge in [0, 0.05) is 0 Å². The van der Waals surface area contributed by atoms with E-state index in [4.69, 9.17) is 9.47 Å². The predicted octanol–water partition coefficient (Wildman–Crippen LogP) is 1.44. The van der Waals surface area contributed by atoms with E-state index in [1.54, 1.807) is 48.5 Å². The zero-order valence-corrected chi connectivity index (χ0v) is 11.8. The first-order valence-corrected chi connectivity index (χ1v) is 6.76. The van der Waals surface area contributed by atoms with Crippen LogP contribution in [0.2, 0.25) is 0 Å². The molecular formula is C17H13O5-. The number of ether oxygens (including phenoxy) is 2. The number of rotatable bonds is 3. The minimum absolute atomic E-state index is 0.260. The van der Waals surface area contributed by atoms with Crippen LogP contribution in [0.5, 0.6) is 5.75 Å². The van der Waals surface area contributed by atoms with E-state index in [9.17, 15) is 14.7 Å². The van der Waals surface area contributed by atoms with E-state index in [-0.39, 0.29) is 5.56 Å². The SMILES string of the molecule is COc1cccc([C@@H]2OC(=O)c3ccccc3[C@H]2C(=O)[O-])c1. The first-order chi connectivity index (χ1) is 10.6. The summed E-state index contributed by atoms with van der Waals surface area (Å²) in [7, 11) is 1.51. The zero-order valence-electron chi connectivity index (χ0n) is 11.8. The van der Waals surface area contributed by atoms with Crippen molar-refractivity contribution in [1.29, 1.82) is 0 Å². The Morgan fingerprint density at radius 3 is 2.68 bits per heavy atom. The predicted molar refractivity (Wildman–Crippen MR) is 75.3 cm³/mol. The summed E-state index contributed by atoms with van der Waals surface area (Å²) in [4.78, 5) is 23.8. The Morgan fingerprint density at radius 2 is 1.95 bits per heavy atom. The fourth-order valence-electron chi connectivity index (χ4n) is 2.69. The van der Waals surface area contributed by atoms with Crippen LogP contribution in [0.4, 0.5) is 0 Å². The third kappa shape index (κ3) is 2.30. The Bertz CT molecular complexity index is 737. The first-order valence-electron chi connectivity index (χ1n) is 6.76.